The lowest BCUT2D eigenvalue weighted by atomic mass is 9.96. The van der Waals surface area contributed by atoms with Gasteiger partial charge in [-0.05, 0) is 22.3 Å². The van der Waals surface area contributed by atoms with E-state index in [9.17, 15) is 4.79 Å². The Morgan fingerprint density at radius 3 is 1.44 bits per heavy atom. The van der Waals surface area contributed by atoms with Crippen molar-refractivity contribution < 1.29 is 28.5 Å². The molecule has 1 heterocycles. The molecule has 7 heteroatoms. The third-order valence-corrected chi connectivity index (χ3v) is 7.69. The molecule has 45 heavy (non-hydrogen) atoms. The first-order valence-electron chi connectivity index (χ1n) is 15.6. The second kappa shape index (κ2) is 17.0. The Labute approximate surface area is 266 Å². The highest BCUT2D eigenvalue weighted by Gasteiger charge is 2.49. The molecule has 1 fully saturated rings. The fraction of sp³-hybridized carbons (Fsp3) is 0.342. The summed E-state index contributed by atoms with van der Waals surface area (Å²) >= 11 is 0. The van der Waals surface area contributed by atoms with Gasteiger partial charge in [0.25, 0.3) is 0 Å². The molecule has 1 aliphatic rings. The van der Waals surface area contributed by atoms with Crippen molar-refractivity contribution in [3.63, 3.8) is 0 Å². The molecule has 0 unspecified atom stereocenters. The molecule has 1 saturated heterocycles. The minimum Gasteiger partial charge on any atom is -0.374 e. The zero-order valence-electron chi connectivity index (χ0n) is 26.0. The SMILES string of the molecule is CC(C)C(=O)N[C@@H]1O[C@H](COCc2ccccc2)[C@@H](OCc2ccccc2)[C@H](OCc2ccccc2)[C@H]1OCc1ccccc1. The molecule has 0 saturated carbocycles. The molecular formula is C38H43NO6. The Kier molecular flexibility index (Phi) is 12.3. The van der Waals surface area contributed by atoms with E-state index in [0.29, 0.717) is 26.4 Å². The number of carbonyl (C=O) groups excluding carboxylic acids is 1. The van der Waals surface area contributed by atoms with Gasteiger partial charge in [0.2, 0.25) is 5.91 Å². The van der Waals surface area contributed by atoms with Crippen molar-refractivity contribution in [2.45, 2.75) is 70.9 Å². The van der Waals surface area contributed by atoms with Crippen molar-refractivity contribution in [3.8, 4) is 0 Å². The fourth-order valence-corrected chi connectivity index (χ4v) is 5.21. The average molecular weight is 610 g/mol. The van der Waals surface area contributed by atoms with Crippen LogP contribution in [-0.2, 0) is 54.9 Å². The highest BCUT2D eigenvalue weighted by molar-refractivity contribution is 5.78. The van der Waals surface area contributed by atoms with Gasteiger partial charge in [-0.25, -0.2) is 0 Å². The maximum Gasteiger partial charge on any atom is 0.224 e. The number of ether oxygens (including phenoxy) is 5. The van der Waals surface area contributed by atoms with Gasteiger partial charge < -0.3 is 29.0 Å². The minimum atomic E-state index is -0.786. The Bertz CT molecular complexity index is 1400. The summed E-state index contributed by atoms with van der Waals surface area (Å²) < 4.78 is 32.8. The number of carbonyl (C=O) groups is 1. The predicted octanol–water partition coefficient (Wildman–Crippen LogP) is 6.46. The maximum atomic E-state index is 13.1. The Morgan fingerprint density at radius 2 is 1.00 bits per heavy atom. The number of rotatable bonds is 15. The highest BCUT2D eigenvalue weighted by atomic mass is 16.6. The molecule has 7 nitrogen and oxygen atoms in total. The van der Waals surface area contributed by atoms with Crippen molar-refractivity contribution in [3.05, 3.63) is 144 Å². The molecule has 4 aromatic carbocycles. The van der Waals surface area contributed by atoms with Crippen LogP contribution in [0.15, 0.2) is 121 Å². The van der Waals surface area contributed by atoms with Crippen LogP contribution in [-0.4, -0.2) is 43.2 Å². The number of amides is 1. The second-order valence-corrected chi connectivity index (χ2v) is 11.5. The van der Waals surface area contributed by atoms with Crippen LogP contribution in [0, 0.1) is 5.92 Å². The molecule has 0 bridgehead atoms. The van der Waals surface area contributed by atoms with Gasteiger partial charge in [-0.15, -0.1) is 0 Å². The molecule has 0 spiro atoms. The van der Waals surface area contributed by atoms with Gasteiger partial charge in [0, 0.05) is 5.92 Å². The minimum absolute atomic E-state index is 0.136. The number of nitrogens with one attached hydrogen (secondary N) is 1. The Hall–Kier alpha value is -3.85. The van der Waals surface area contributed by atoms with E-state index >= 15 is 0 Å². The smallest absolute Gasteiger partial charge is 0.224 e. The molecule has 1 amide bonds. The maximum absolute atomic E-state index is 13.1. The summed E-state index contributed by atoms with van der Waals surface area (Å²) in [6, 6.07) is 40.0. The van der Waals surface area contributed by atoms with Crippen molar-refractivity contribution in [2.24, 2.45) is 5.92 Å². The molecular weight excluding hydrogens is 566 g/mol. The summed E-state index contributed by atoms with van der Waals surface area (Å²) in [7, 11) is 0. The van der Waals surface area contributed by atoms with E-state index in [2.05, 4.69) is 5.32 Å². The monoisotopic (exact) mass is 609 g/mol. The quantitative estimate of drug-likeness (QED) is 0.167. The summed E-state index contributed by atoms with van der Waals surface area (Å²) in [4.78, 5) is 13.1. The third kappa shape index (κ3) is 9.82. The molecule has 5 atom stereocenters. The summed E-state index contributed by atoms with van der Waals surface area (Å²) in [6.07, 6.45) is -3.15. The summed E-state index contributed by atoms with van der Waals surface area (Å²) in [5.74, 6) is -0.380. The molecule has 5 rings (SSSR count). The first kappa shape index (κ1) is 32.5. The zero-order valence-corrected chi connectivity index (χ0v) is 26.0. The van der Waals surface area contributed by atoms with Crippen molar-refractivity contribution in [1.82, 2.24) is 5.32 Å². The van der Waals surface area contributed by atoms with E-state index in [-0.39, 0.29) is 18.4 Å². The summed E-state index contributed by atoms with van der Waals surface area (Å²) in [5, 5.41) is 3.09. The van der Waals surface area contributed by atoms with Crippen LogP contribution >= 0.6 is 0 Å². The highest BCUT2D eigenvalue weighted by Crippen LogP contribution is 2.30. The standard InChI is InChI=1S/C38H43NO6/c1-28(2)37(40)39-38-36(44-26-32-21-13-6-14-22-32)35(43-25-31-19-11-5-12-20-31)34(42-24-30-17-9-4-10-18-30)33(45-38)27-41-23-29-15-7-3-8-16-29/h3-22,28,33-36,38H,23-27H2,1-2H3,(H,39,40)/t33-,34-,35+,36-,38-/m1/s1. The Morgan fingerprint density at radius 1 is 0.600 bits per heavy atom. The molecule has 0 aromatic heterocycles. The van der Waals surface area contributed by atoms with E-state index in [1.165, 1.54) is 0 Å². The van der Waals surface area contributed by atoms with Crippen LogP contribution in [0.3, 0.4) is 0 Å². The summed E-state index contributed by atoms with van der Waals surface area (Å²) in [5.41, 5.74) is 4.11. The van der Waals surface area contributed by atoms with Crippen LogP contribution in [0.4, 0.5) is 0 Å². The molecule has 4 aromatic rings. The van der Waals surface area contributed by atoms with E-state index in [1.807, 2.05) is 135 Å². The number of hydrogen-bond donors (Lipinski definition) is 1. The second-order valence-electron chi connectivity index (χ2n) is 11.5. The van der Waals surface area contributed by atoms with Gasteiger partial charge in [-0.3, -0.25) is 4.79 Å². The van der Waals surface area contributed by atoms with Gasteiger partial charge >= 0.3 is 0 Å². The van der Waals surface area contributed by atoms with Crippen molar-refractivity contribution in [1.29, 1.82) is 0 Å². The van der Waals surface area contributed by atoms with Gasteiger partial charge in [0.1, 0.15) is 24.4 Å². The van der Waals surface area contributed by atoms with Crippen molar-refractivity contribution in [2.75, 3.05) is 6.61 Å². The lowest BCUT2D eigenvalue weighted by molar-refractivity contribution is -0.277. The van der Waals surface area contributed by atoms with Gasteiger partial charge in [0.15, 0.2) is 6.23 Å². The zero-order chi connectivity index (χ0) is 31.3. The molecule has 0 aliphatic carbocycles. The van der Waals surface area contributed by atoms with E-state index in [0.717, 1.165) is 22.3 Å². The van der Waals surface area contributed by atoms with Crippen LogP contribution in [0.2, 0.25) is 0 Å². The number of benzene rings is 4. The van der Waals surface area contributed by atoms with Crippen LogP contribution in [0.25, 0.3) is 0 Å². The largest absolute Gasteiger partial charge is 0.374 e. The van der Waals surface area contributed by atoms with Gasteiger partial charge in [-0.2, -0.15) is 0 Å². The van der Waals surface area contributed by atoms with Crippen molar-refractivity contribution >= 4 is 5.91 Å². The fourth-order valence-electron chi connectivity index (χ4n) is 5.21. The van der Waals surface area contributed by atoms with Crippen LogP contribution < -0.4 is 5.32 Å². The lowest BCUT2D eigenvalue weighted by Gasteiger charge is -2.46. The molecule has 0 radical (unpaired) electrons. The van der Waals surface area contributed by atoms with Gasteiger partial charge in [0.05, 0.1) is 33.0 Å². The van der Waals surface area contributed by atoms with E-state index in [1.54, 1.807) is 0 Å². The first-order chi connectivity index (χ1) is 22.1. The normalized spacial score (nSPS) is 21.4. The number of hydrogen-bond acceptors (Lipinski definition) is 6. The third-order valence-electron chi connectivity index (χ3n) is 7.69. The van der Waals surface area contributed by atoms with Crippen LogP contribution in [0.1, 0.15) is 36.1 Å². The van der Waals surface area contributed by atoms with Gasteiger partial charge in [-0.1, -0.05) is 135 Å². The lowest BCUT2D eigenvalue weighted by Crippen LogP contribution is -2.65. The molecule has 1 aliphatic heterocycles. The summed E-state index contributed by atoms with van der Waals surface area (Å²) in [6.45, 7) is 5.36. The van der Waals surface area contributed by atoms with E-state index < -0.39 is 30.6 Å². The first-order valence-corrected chi connectivity index (χ1v) is 15.6. The topological polar surface area (TPSA) is 75.3 Å². The van der Waals surface area contributed by atoms with Crippen LogP contribution in [0.5, 0.6) is 0 Å². The Balaban J connectivity index is 1.45. The van der Waals surface area contributed by atoms with E-state index in [4.69, 9.17) is 23.7 Å². The molecule has 236 valence electrons. The average Bonchev–Trinajstić information content (AvgIpc) is 3.08. The molecule has 1 N–H and O–H groups in total. The predicted molar refractivity (Wildman–Crippen MR) is 173 cm³/mol.